The third kappa shape index (κ3) is 6.40. The van der Waals surface area contributed by atoms with Crippen LogP contribution in [0.25, 0.3) is 0 Å². The highest BCUT2D eigenvalue weighted by atomic mass is 16.3. The van der Waals surface area contributed by atoms with Gasteiger partial charge >= 0.3 is 0 Å². The minimum absolute atomic E-state index is 0.192. The Bertz CT molecular complexity index is 743. The minimum Gasteiger partial charge on any atom is -0.388 e. The fourth-order valence-corrected chi connectivity index (χ4v) is 3.94. The molecule has 1 aliphatic rings. The van der Waals surface area contributed by atoms with Gasteiger partial charge in [0, 0.05) is 0 Å². The lowest BCUT2D eigenvalue weighted by Crippen LogP contribution is -2.57. The normalized spacial score (nSPS) is 24.3. The van der Waals surface area contributed by atoms with E-state index in [1.807, 2.05) is 60.7 Å². The Hall–Kier alpha value is -2.70. The van der Waals surface area contributed by atoms with E-state index < -0.39 is 24.3 Å². The molecule has 3 rings (SSSR count). The zero-order valence-corrected chi connectivity index (χ0v) is 17.0. The molecule has 2 amide bonds. The maximum atomic E-state index is 12.4. The maximum Gasteiger partial charge on any atom is 0.224 e. The Morgan fingerprint density at radius 3 is 1.43 bits per heavy atom. The highest BCUT2D eigenvalue weighted by Gasteiger charge is 2.35. The Morgan fingerprint density at radius 1 is 0.700 bits per heavy atom. The van der Waals surface area contributed by atoms with Crippen LogP contribution in [0, 0.1) is 0 Å². The Labute approximate surface area is 177 Å². The first kappa shape index (κ1) is 22.0. The smallest absolute Gasteiger partial charge is 0.224 e. The van der Waals surface area contributed by atoms with Crippen molar-refractivity contribution in [3.63, 3.8) is 0 Å². The van der Waals surface area contributed by atoms with Gasteiger partial charge in [-0.3, -0.25) is 9.59 Å². The van der Waals surface area contributed by atoms with E-state index in [4.69, 9.17) is 0 Å². The summed E-state index contributed by atoms with van der Waals surface area (Å²) < 4.78 is 0. The van der Waals surface area contributed by atoms with Crippen LogP contribution in [0.5, 0.6) is 0 Å². The number of amides is 2. The van der Waals surface area contributed by atoms with Gasteiger partial charge in [-0.2, -0.15) is 0 Å². The summed E-state index contributed by atoms with van der Waals surface area (Å²) in [5, 5.41) is 27.2. The Morgan fingerprint density at radius 2 is 1.07 bits per heavy atom. The summed E-state index contributed by atoms with van der Waals surface area (Å²) in [6.45, 7) is 0. The summed E-state index contributed by atoms with van der Waals surface area (Å²) in [5.74, 6) is -0.384. The Kier molecular flexibility index (Phi) is 7.99. The molecule has 1 saturated carbocycles. The first-order chi connectivity index (χ1) is 14.5. The predicted octanol–water partition coefficient (Wildman–Crippen LogP) is 1.74. The van der Waals surface area contributed by atoms with Gasteiger partial charge < -0.3 is 20.8 Å². The van der Waals surface area contributed by atoms with Crippen molar-refractivity contribution in [3.05, 3.63) is 71.8 Å². The van der Waals surface area contributed by atoms with Crippen molar-refractivity contribution in [1.82, 2.24) is 10.6 Å². The van der Waals surface area contributed by atoms with Gasteiger partial charge in [0.25, 0.3) is 0 Å². The van der Waals surface area contributed by atoms with Crippen LogP contribution in [0.15, 0.2) is 60.7 Å². The van der Waals surface area contributed by atoms with Gasteiger partial charge in [-0.1, -0.05) is 73.5 Å². The average molecular weight is 411 g/mol. The third-order valence-corrected chi connectivity index (χ3v) is 5.56. The van der Waals surface area contributed by atoms with Gasteiger partial charge in [0.15, 0.2) is 0 Å². The largest absolute Gasteiger partial charge is 0.388 e. The molecular weight excluding hydrogens is 380 g/mol. The molecule has 0 aliphatic heterocycles. The number of carbonyl (C=O) groups excluding carboxylic acids is 2. The predicted molar refractivity (Wildman–Crippen MR) is 115 cm³/mol. The van der Waals surface area contributed by atoms with E-state index in [1.165, 1.54) is 0 Å². The van der Waals surface area contributed by atoms with Crippen LogP contribution in [-0.4, -0.2) is 46.3 Å². The molecule has 0 bridgehead atoms. The molecule has 0 spiro atoms. The van der Waals surface area contributed by atoms with Crippen LogP contribution in [0.4, 0.5) is 0 Å². The lowest BCUT2D eigenvalue weighted by molar-refractivity contribution is -0.126. The highest BCUT2D eigenvalue weighted by Crippen LogP contribution is 2.20. The first-order valence-electron chi connectivity index (χ1n) is 10.6. The van der Waals surface area contributed by atoms with Gasteiger partial charge in [0.2, 0.25) is 11.8 Å². The number of rotatable bonds is 6. The second-order valence-electron chi connectivity index (χ2n) is 7.94. The van der Waals surface area contributed by atoms with Crippen molar-refractivity contribution in [2.45, 2.75) is 62.8 Å². The minimum atomic E-state index is -1.15. The maximum absolute atomic E-state index is 12.4. The molecule has 1 aliphatic carbocycles. The summed E-state index contributed by atoms with van der Waals surface area (Å²) in [6.07, 6.45) is 0.914. The van der Waals surface area contributed by atoms with Crippen LogP contribution >= 0.6 is 0 Å². The standard InChI is InChI=1S/C24H30N2O4/c27-21(15-17-9-3-1-4-10-17)25-19-13-7-8-14-20(24(30)23(19)29)26-22(28)16-18-11-5-2-6-12-18/h1-6,9-12,19-20,23-24,29-30H,7-8,13-16H2,(H,25,27)(H,26,28)/t19-,20+,23-,24+. The second-order valence-corrected chi connectivity index (χ2v) is 7.94. The number of hydrogen-bond acceptors (Lipinski definition) is 4. The topological polar surface area (TPSA) is 98.7 Å². The SMILES string of the molecule is O=C(Cc1ccccc1)N[C@H]1CCCC[C@@H](NC(=O)Cc2ccccc2)[C@@H](O)[C@H]1O. The summed E-state index contributed by atoms with van der Waals surface area (Å²) in [4.78, 5) is 24.8. The lowest BCUT2D eigenvalue weighted by atomic mass is 9.88. The number of hydrogen-bond donors (Lipinski definition) is 4. The molecule has 0 radical (unpaired) electrons. The van der Waals surface area contributed by atoms with Crippen molar-refractivity contribution < 1.29 is 19.8 Å². The van der Waals surface area contributed by atoms with E-state index in [9.17, 15) is 19.8 Å². The van der Waals surface area contributed by atoms with Gasteiger partial charge in [-0.05, 0) is 24.0 Å². The monoisotopic (exact) mass is 410 g/mol. The van der Waals surface area contributed by atoms with Gasteiger partial charge in [-0.25, -0.2) is 0 Å². The average Bonchev–Trinajstić information content (AvgIpc) is 2.74. The van der Waals surface area contributed by atoms with Crippen molar-refractivity contribution in [2.75, 3.05) is 0 Å². The van der Waals surface area contributed by atoms with Gasteiger partial charge in [0.1, 0.15) is 12.2 Å². The van der Waals surface area contributed by atoms with E-state index >= 15 is 0 Å². The van der Waals surface area contributed by atoms with Crippen LogP contribution in [0.3, 0.4) is 0 Å². The van der Waals surface area contributed by atoms with Crippen molar-refractivity contribution in [1.29, 1.82) is 0 Å². The second kappa shape index (κ2) is 10.9. The number of nitrogens with one attached hydrogen (secondary N) is 2. The molecular formula is C24H30N2O4. The summed E-state index contributed by atoms with van der Waals surface area (Å²) in [7, 11) is 0. The van der Waals surface area contributed by atoms with E-state index in [0.29, 0.717) is 12.8 Å². The Balaban J connectivity index is 1.57. The molecule has 1 fully saturated rings. The molecule has 4 N–H and O–H groups in total. The van der Waals surface area contributed by atoms with Crippen LogP contribution in [-0.2, 0) is 22.4 Å². The summed E-state index contributed by atoms with van der Waals surface area (Å²) in [5.41, 5.74) is 1.78. The van der Waals surface area contributed by atoms with Gasteiger partial charge in [-0.15, -0.1) is 0 Å². The zero-order chi connectivity index (χ0) is 21.3. The number of aliphatic hydroxyl groups is 2. The molecule has 2 aromatic rings. The number of benzene rings is 2. The highest BCUT2D eigenvalue weighted by molar-refractivity contribution is 5.79. The molecule has 0 saturated heterocycles. The van der Waals surface area contributed by atoms with E-state index in [2.05, 4.69) is 10.6 Å². The molecule has 0 aromatic heterocycles. The molecule has 2 aromatic carbocycles. The quantitative estimate of drug-likeness (QED) is 0.583. The van der Waals surface area contributed by atoms with Crippen molar-refractivity contribution >= 4 is 11.8 Å². The van der Waals surface area contributed by atoms with E-state index in [-0.39, 0.29) is 24.7 Å². The molecule has 0 heterocycles. The molecule has 6 nitrogen and oxygen atoms in total. The summed E-state index contributed by atoms with van der Waals surface area (Å²) in [6, 6.07) is 17.7. The fraction of sp³-hybridized carbons (Fsp3) is 0.417. The summed E-state index contributed by atoms with van der Waals surface area (Å²) >= 11 is 0. The first-order valence-corrected chi connectivity index (χ1v) is 10.6. The zero-order valence-electron chi connectivity index (χ0n) is 17.0. The van der Waals surface area contributed by atoms with E-state index in [0.717, 1.165) is 24.0 Å². The molecule has 30 heavy (non-hydrogen) atoms. The number of carbonyl (C=O) groups is 2. The van der Waals surface area contributed by atoms with Crippen molar-refractivity contribution in [3.8, 4) is 0 Å². The molecule has 4 atom stereocenters. The van der Waals surface area contributed by atoms with Crippen LogP contribution in [0.1, 0.15) is 36.8 Å². The fourth-order valence-electron chi connectivity index (χ4n) is 3.94. The third-order valence-electron chi connectivity index (χ3n) is 5.56. The molecule has 0 unspecified atom stereocenters. The molecule has 6 heteroatoms. The van der Waals surface area contributed by atoms with Crippen LogP contribution < -0.4 is 10.6 Å². The van der Waals surface area contributed by atoms with Crippen LogP contribution in [0.2, 0.25) is 0 Å². The number of aliphatic hydroxyl groups excluding tert-OH is 2. The van der Waals surface area contributed by atoms with Gasteiger partial charge in [0.05, 0.1) is 24.9 Å². The van der Waals surface area contributed by atoms with E-state index in [1.54, 1.807) is 0 Å². The lowest BCUT2D eigenvalue weighted by Gasteiger charge is -2.35. The molecule has 160 valence electrons. The van der Waals surface area contributed by atoms with Crippen molar-refractivity contribution in [2.24, 2.45) is 0 Å².